The lowest BCUT2D eigenvalue weighted by molar-refractivity contribution is -0.138. The zero-order valence-corrected chi connectivity index (χ0v) is 9.73. The van der Waals surface area contributed by atoms with E-state index >= 15 is 0 Å². The van der Waals surface area contributed by atoms with E-state index in [1.807, 2.05) is 6.92 Å². The fraction of sp³-hybridized carbons (Fsp3) is 0.500. The molecule has 1 aromatic rings. The van der Waals surface area contributed by atoms with Gasteiger partial charge >= 0.3 is 6.18 Å². The Balaban J connectivity index is 2.49. The molecule has 0 spiro atoms. The van der Waals surface area contributed by atoms with Gasteiger partial charge in [0.1, 0.15) is 0 Å². The molecule has 0 bridgehead atoms. The number of benzene rings is 1. The first kappa shape index (κ1) is 12.2. The summed E-state index contributed by atoms with van der Waals surface area (Å²) in [4.78, 5) is 0. The van der Waals surface area contributed by atoms with E-state index in [2.05, 4.69) is 10.6 Å². The Morgan fingerprint density at radius 1 is 1.41 bits per heavy atom. The summed E-state index contributed by atoms with van der Waals surface area (Å²) in [6.45, 7) is 2.44. The highest BCUT2D eigenvalue weighted by molar-refractivity contribution is 5.62. The van der Waals surface area contributed by atoms with Crippen LogP contribution in [0.1, 0.15) is 24.0 Å². The van der Waals surface area contributed by atoms with Crippen molar-refractivity contribution in [3.8, 4) is 0 Å². The molecule has 1 aromatic carbocycles. The normalized spacial score (nSPS) is 20.9. The summed E-state index contributed by atoms with van der Waals surface area (Å²) in [7, 11) is 1.76. The number of anilines is 1. The first-order valence-electron chi connectivity index (χ1n) is 5.56. The molecular weight excluding hydrogens is 229 g/mol. The molecule has 0 amide bonds. The van der Waals surface area contributed by atoms with Crippen LogP contribution in [0, 0.1) is 0 Å². The van der Waals surface area contributed by atoms with Crippen molar-refractivity contribution >= 4 is 5.69 Å². The van der Waals surface area contributed by atoms with Gasteiger partial charge in [0.2, 0.25) is 0 Å². The molecule has 0 aliphatic carbocycles. The Labute approximate surface area is 98.2 Å². The Morgan fingerprint density at radius 3 is 2.71 bits per heavy atom. The van der Waals surface area contributed by atoms with E-state index in [0.29, 0.717) is 17.8 Å². The molecule has 2 atom stereocenters. The van der Waals surface area contributed by atoms with E-state index < -0.39 is 11.7 Å². The van der Waals surface area contributed by atoms with Crippen LogP contribution in [0.2, 0.25) is 0 Å². The van der Waals surface area contributed by atoms with Crippen molar-refractivity contribution in [3.05, 3.63) is 29.3 Å². The number of halogens is 3. The van der Waals surface area contributed by atoms with Gasteiger partial charge in [0.05, 0.1) is 5.56 Å². The first-order chi connectivity index (χ1) is 7.95. The van der Waals surface area contributed by atoms with Gasteiger partial charge in [-0.3, -0.25) is 0 Å². The van der Waals surface area contributed by atoms with Gasteiger partial charge in [-0.1, -0.05) is 6.07 Å². The monoisotopic (exact) mass is 244 g/mol. The van der Waals surface area contributed by atoms with Crippen LogP contribution >= 0.6 is 0 Å². The molecule has 2 nitrogen and oxygen atoms in total. The van der Waals surface area contributed by atoms with Gasteiger partial charge in [0.25, 0.3) is 0 Å². The molecule has 5 heteroatoms. The number of hydrogen-bond acceptors (Lipinski definition) is 2. The van der Waals surface area contributed by atoms with E-state index in [4.69, 9.17) is 0 Å². The molecule has 0 saturated heterocycles. The molecule has 2 unspecified atom stereocenters. The minimum absolute atomic E-state index is 0.00671. The Morgan fingerprint density at radius 2 is 2.12 bits per heavy atom. The number of likely N-dealkylation sites (N-methyl/N-ethyl adjacent to an activating group) is 1. The third kappa shape index (κ3) is 2.11. The van der Waals surface area contributed by atoms with Gasteiger partial charge in [0, 0.05) is 24.2 Å². The molecule has 2 rings (SSSR count). The van der Waals surface area contributed by atoms with E-state index in [1.165, 1.54) is 6.07 Å². The van der Waals surface area contributed by atoms with Crippen LogP contribution in [-0.2, 0) is 6.18 Å². The SMILES string of the molecule is CNC(C)C1CNc2cccc(C(F)(F)F)c21. The number of nitrogens with one attached hydrogen (secondary N) is 2. The predicted octanol–water partition coefficient (Wildman–Crippen LogP) is 2.82. The lowest BCUT2D eigenvalue weighted by Gasteiger charge is -2.21. The van der Waals surface area contributed by atoms with E-state index in [-0.39, 0.29) is 12.0 Å². The second-order valence-corrected chi connectivity index (χ2v) is 4.33. The van der Waals surface area contributed by atoms with Crippen LogP contribution in [0.25, 0.3) is 0 Å². The topological polar surface area (TPSA) is 24.1 Å². The molecule has 1 aliphatic heterocycles. The quantitative estimate of drug-likeness (QED) is 0.836. The van der Waals surface area contributed by atoms with Crippen molar-refractivity contribution in [3.63, 3.8) is 0 Å². The summed E-state index contributed by atoms with van der Waals surface area (Å²) in [6, 6.07) is 4.31. The van der Waals surface area contributed by atoms with Crippen molar-refractivity contribution in [2.75, 3.05) is 18.9 Å². The summed E-state index contributed by atoms with van der Waals surface area (Å²) in [5.74, 6) is -0.146. The molecular formula is C12H15F3N2. The summed E-state index contributed by atoms with van der Waals surface area (Å²) in [6.07, 6.45) is -4.29. The highest BCUT2D eigenvalue weighted by Crippen LogP contribution is 2.42. The molecule has 0 radical (unpaired) electrons. The van der Waals surface area contributed by atoms with E-state index in [1.54, 1.807) is 13.1 Å². The van der Waals surface area contributed by atoms with Gasteiger partial charge in [-0.15, -0.1) is 0 Å². The fourth-order valence-electron chi connectivity index (χ4n) is 2.32. The van der Waals surface area contributed by atoms with Crippen LogP contribution in [0.3, 0.4) is 0 Å². The lowest BCUT2D eigenvalue weighted by atomic mass is 9.90. The van der Waals surface area contributed by atoms with Crippen LogP contribution in [0.15, 0.2) is 18.2 Å². The van der Waals surface area contributed by atoms with Crippen molar-refractivity contribution in [1.82, 2.24) is 5.32 Å². The van der Waals surface area contributed by atoms with Gasteiger partial charge in [-0.2, -0.15) is 13.2 Å². The molecule has 0 saturated carbocycles. The molecule has 17 heavy (non-hydrogen) atoms. The maximum atomic E-state index is 12.9. The minimum atomic E-state index is -4.29. The van der Waals surface area contributed by atoms with Gasteiger partial charge in [-0.25, -0.2) is 0 Å². The molecule has 1 aliphatic rings. The van der Waals surface area contributed by atoms with Crippen molar-refractivity contribution < 1.29 is 13.2 Å². The average molecular weight is 244 g/mol. The lowest BCUT2D eigenvalue weighted by Crippen LogP contribution is -2.31. The maximum absolute atomic E-state index is 12.9. The number of fused-ring (bicyclic) bond motifs is 1. The predicted molar refractivity (Wildman–Crippen MR) is 61.2 cm³/mol. The third-order valence-electron chi connectivity index (χ3n) is 3.35. The van der Waals surface area contributed by atoms with E-state index in [0.717, 1.165) is 6.07 Å². The van der Waals surface area contributed by atoms with Crippen molar-refractivity contribution in [2.24, 2.45) is 0 Å². The molecule has 0 aromatic heterocycles. The fourth-order valence-corrected chi connectivity index (χ4v) is 2.32. The summed E-state index contributed by atoms with van der Waals surface area (Å²) >= 11 is 0. The van der Waals surface area contributed by atoms with Gasteiger partial charge in [-0.05, 0) is 31.7 Å². The van der Waals surface area contributed by atoms with Crippen LogP contribution in [0.5, 0.6) is 0 Å². The number of alkyl halides is 3. The Bertz CT molecular complexity index is 415. The number of rotatable bonds is 2. The first-order valence-corrected chi connectivity index (χ1v) is 5.56. The van der Waals surface area contributed by atoms with Crippen molar-refractivity contribution in [1.29, 1.82) is 0 Å². The number of hydrogen-bond donors (Lipinski definition) is 2. The summed E-state index contributed by atoms with van der Waals surface area (Å²) < 4.78 is 38.8. The second kappa shape index (κ2) is 4.22. The van der Waals surface area contributed by atoms with Gasteiger partial charge < -0.3 is 10.6 Å². The highest BCUT2D eigenvalue weighted by Gasteiger charge is 2.39. The zero-order chi connectivity index (χ0) is 12.6. The summed E-state index contributed by atoms with van der Waals surface area (Å²) in [5, 5.41) is 6.06. The Kier molecular flexibility index (Phi) is 3.03. The highest BCUT2D eigenvalue weighted by atomic mass is 19.4. The molecule has 1 heterocycles. The van der Waals surface area contributed by atoms with Crippen LogP contribution < -0.4 is 10.6 Å². The average Bonchev–Trinajstić information content (AvgIpc) is 2.70. The molecule has 0 fully saturated rings. The zero-order valence-electron chi connectivity index (χ0n) is 9.73. The standard InChI is InChI=1S/C12H15F3N2/c1-7(16-2)8-6-17-10-5-3-4-9(11(8)10)12(13,14)15/h3-5,7-8,16-17H,6H2,1-2H3. The van der Waals surface area contributed by atoms with E-state index in [9.17, 15) is 13.2 Å². The van der Waals surface area contributed by atoms with Crippen LogP contribution in [0.4, 0.5) is 18.9 Å². The Hall–Kier alpha value is -1.23. The van der Waals surface area contributed by atoms with Crippen molar-refractivity contribution in [2.45, 2.75) is 25.1 Å². The second-order valence-electron chi connectivity index (χ2n) is 4.33. The molecule has 94 valence electrons. The largest absolute Gasteiger partial charge is 0.416 e. The molecule has 2 N–H and O–H groups in total. The summed E-state index contributed by atoms with van der Waals surface area (Å²) in [5.41, 5.74) is 0.473. The van der Waals surface area contributed by atoms with Gasteiger partial charge in [0.15, 0.2) is 0 Å². The van der Waals surface area contributed by atoms with Crippen LogP contribution in [-0.4, -0.2) is 19.6 Å². The minimum Gasteiger partial charge on any atom is -0.384 e. The third-order valence-corrected chi connectivity index (χ3v) is 3.35. The smallest absolute Gasteiger partial charge is 0.384 e. The maximum Gasteiger partial charge on any atom is 0.416 e.